The van der Waals surface area contributed by atoms with Crippen molar-refractivity contribution >= 4 is 35.7 Å². The fourth-order valence-electron chi connectivity index (χ4n) is 2.16. The van der Waals surface area contributed by atoms with Gasteiger partial charge in [-0.05, 0) is 39.5 Å². The van der Waals surface area contributed by atoms with E-state index in [4.69, 9.17) is 33.8 Å². The molecule has 0 aliphatic heterocycles. The van der Waals surface area contributed by atoms with Gasteiger partial charge in [-0.15, -0.1) is 0 Å². The van der Waals surface area contributed by atoms with Crippen LogP contribution in [-0.2, 0) is 36.2 Å². The summed E-state index contributed by atoms with van der Waals surface area (Å²) in [4.78, 5) is 43.9. The molecule has 0 saturated heterocycles. The summed E-state index contributed by atoms with van der Waals surface area (Å²) in [5.74, 6) is -4.18. The number of hydrogen-bond donors (Lipinski definition) is 10. The molecule has 0 aromatic rings. The van der Waals surface area contributed by atoms with E-state index < -0.39 is 47.9 Å². The fourth-order valence-corrected chi connectivity index (χ4v) is 2.16. The third-order valence-corrected chi connectivity index (χ3v) is 4.00. The topological polar surface area (TPSA) is 314 Å². The zero-order chi connectivity index (χ0) is 26.8. The SMILES string of the molecule is C[C@H](N)C(=O)N[C@@H](CCCNC(=N)N)C(=O)[O-].C[C@H](N)C(=O)N[C@@H](CCCNC(=N)N)C(=O)[O-].[Cu+2]. The first-order chi connectivity index (χ1) is 15.7. The first kappa shape index (κ1) is 36.4. The molecule has 0 heterocycles. The zero-order valence-electron chi connectivity index (χ0n) is 19.6. The van der Waals surface area contributed by atoms with Crippen LogP contribution >= 0.6 is 0 Å². The van der Waals surface area contributed by atoms with Crippen LogP contribution in [0.1, 0.15) is 39.5 Å². The molecule has 16 nitrogen and oxygen atoms in total. The molecule has 17 heteroatoms. The van der Waals surface area contributed by atoms with Crippen molar-refractivity contribution in [1.29, 1.82) is 10.8 Å². The average Bonchev–Trinajstić information content (AvgIpc) is 2.71. The molecule has 1 radical (unpaired) electrons. The molecule has 0 aromatic carbocycles. The van der Waals surface area contributed by atoms with Gasteiger partial charge in [-0.3, -0.25) is 20.4 Å². The van der Waals surface area contributed by atoms with E-state index in [1.807, 2.05) is 0 Å². The molecule has 0 aromatic heterocycles. The molecule has 2 amide bonds. The minimum atomic E-state index is -1.36. The smallest absolute Gasteiger partial charge is 0.548 e. The van der Waals surface area contributed by atoms with Gasteiger partial charge in [0.05, 0.1) is 36.1 Å². The third kappa shape index (κ3) is 21.2. The molecule has 0 saturated carbocycles. The largest absolute Gasteiger partial charge is 2.00 e. The number of carbonyl (C=O) groups excluding carboxylic acids is 4. The van der Waals surface area contributed by atoms with Gasteiger partial charge in [0.2, 0.25) is 11.8 Å². The van der Waals surface area contributed by atoms with Gasteiger partial charge < -0.3 is 64.0 Å². The number of carbonyl (C=O) groups is 4. The van der Waals surface area contributed by atoms with E-state index in [0.717, 1.165) is 0 Å². The van der Waals surface area contributed by atoms with Crippen LogP contribution < -0.4 is 54.4 Å². The molecule has 0 spiro atoms. The second-order valence-electron chi connectivity index (χ2n) is 7.30. The minimum absolute atomic E-state index is 0. The van der Waals surface area contributed by atoms with Crippen molar-refractivity contribution in [2.45, 2.75) is 63.7 Å². The second kappa shape index (κ2) is 20.3. The molecular weight excluding hydrogens is 516 g/mol. The molecule has 0 aliphatic carbocycles. The number of nitrogens with one attached hydrogen (secondary N) is 6. The van der Waals surface area contributed by atoms with Gasteiger partial charge in [0.25, 0.3) is 0 Å². The molecule has 0 unspecified atom stereocenters. The Balaban J connectivity index is -0.000000569. The summed E-state index contributed by atoms with van der Waals surface area (Å²) in [5.41, 5.74) is 20.7. The van der Waals surface area contributed by atoms with E-state index in [1.165, 1.54) is 13.8 Å². The van der Waals surface area contributed by atoms with E-state index in [2.05, 4.69) is 21.3 Å². The van der Waals surface area contributed by atoms with E-state index in [1.54, 1.807) is 0 Å². The van der Waals surface area contributed by atoms with Crippen molar-refractivity contribution in [2.24, 2.45) is 22.9 Å². The maximum atomic E-state index is 11.2. The average molecular weight is 552 g/mol. The number of carboxylic acids is 2. The first-order valence-corrected chi connectivity index (χ1v) is 10.4. The van der Waals surface area contributed by atoms with Crippen LogP contribution in [0.2, 0.25) is 0 Å². The number of aliphatic carboxylic acids is 2. The van der Waals surface area contributed by atoms with Crippen molar-refractivity contribution in [3.63, 3.8) is 0 Å². The molecule has 35 heavy (non-hydrogen) atoms. The van der Waals surface area contributed by atoms with Crippen LogP contribution in [0.25, 0.3) is 0 Å². The Morgan fingerprint density at radius 2 is 1.03 bits per heavy atom. The Labute approximate surface area is 214 Å². The standard InChI is InChI=1S/2C9H19N5O3.Cu/c2*1-5(10)7(15)14-6(8(16)17)3-2-4-13-9(11)12;/h2*5-6H,2-4,10H2,1H3,(H,14,15)(H,16,17)(H4,11,12,13);/q;;+2/p-2/t2*5-,6-;/m00./s1. The predicted octanol–water partition coefficient (Wildman–Crippen LogP) is -6.34. The maximum Gasteiger partial charge on any atom is 2.00 e. The van der Waals surface area contributed by atoms with Gasteiger partial charge in [-0.25, -0.2) is 0 Å². The van der Waals surface area contributed by atoms with Gasteiger partial charge in [0, 0.05) is 13.1 Å². The van der Waals surface area contributed by atoms with Crippen molar-refractivity contribution in [3.05, 3.63) is 0 Å². The molecule has 0 fully saturated rings. The van der Waals surface area contributed by atoms with Gasteiger partial charge >= 0.3 is 17.1 Å². The van der Waals surface area contributed by atoms with E-state index in [-0.39, 0.29) is 41.8 Å². The molecule has 0 bridgehead atoms. The number of hydrogen-bond acceptors (Lipinski definition) is 10. The number of amides is 2. The van der Waals surface area contributed by atoms with Crippen molar-refractivity contribution in [1.82, 2.24) is 21.3 Å². The van der Waals surface area contributed by atoms with Crippen LogP contribution in [0.15, 0.2) is 0 Å². The molecule has 205 valence electrons. The predicted molar refractivity (Wildman–Crippen MR) is 119 cm³/mol. The summed E-state index contributed by atoms with van der Waals surface area (Å²) in [6.07, 6.45) is 1.22. The van der Waals surface area contributed by atoms with Crippen molar-refractivity contribution in [2.75, 3.05) is 13.1 Å². The normalized spacial score (nSPS) is 13.1. The van der Waals surface area contributed by atoms with E-state index >= 15 is 0 Å². The number of rotatable bonds is 14. The summed E-state index contributed by atoms with van der Waals surface area (Å²) >= 11 is 0. The van der Waals surface area contributed by atoms with Crippen LogP contribution in [0.4, 0.5) is 0 Å². The van der Waals surface area contributed by atoms with E-state index in [0.29, 0.717) is 25.9 Å². The molecular formula is C18H36CuN10O6. The molecule has 14 N–H and O–H groups in total. The molecule has 4 atom stereocenters. The third-order valence-electron chi connectivity index (χ3n) is 4.00. The summed E-state index contributed by atoms with van der Waals surface area (Å²) in [7, 11) is 0. The van der Waals surface area contributed by atoms with Crippen LogP contribution in [0.5, 0.6) is 0 Å². The van der Waals surface area contributed by atoms with Gasteiger partial charge in [0.1, 0.15) is 0 Å². The zero-order valence-corrected chi connectivity index (χ0v) is 20.6. The van der Waals surface area contributed by atoms with Crippen LogP contribution in [0.3, 0.4) is 0 Å². The minimum Gasteiger partial charge on any atom is -0.548 e. The van der Waals surface area contributed by atoms with Crippen molar-refractivity contribution < 1.29 is 46.5 Å². The number of guanidine groups is 2. The summed E-state index contributed by atoms with van der Waals surface area (Å²) < 4.78 is 0. The Morgan fingerprint density at radius 3 is 1.23 bits per heavy atom. The van der Waals surface area contributed by atoms with Gasteiger partial charge in [0.15, 0.2) is 11.9 Å². The Morgan fingerprint density at radius 1 is 0.743 bits per heavy atom. The monoisotopic (exact) mass is 551 g/mol. The molecule has 0 rings (SSSR count). The summed E-state index contributed by atoms with van der Waals surface area (Å²) in [6, 6.07) is -3.70. The van der Waals surface area contributed by atoms with Gasteiger partial charge in [-0.1, -0.05) is 0 Å². The van der Waals surface area contributed by atoms with Crippen LogP contribution in [-0.4, -0.2) is 72.9 Å². The van der Waals surface area contributed by atoms with Crippen LogP contribution in [0, 0.1) is 10.8 Å². The summed E-state index contributed by atoms with van der Waals surface area (Å²) in [5, 5.41) is 44.8. The van der Waals surface area contributed by atoms with Crippen molar-refractivity contribution in [3.8, 4) is 0 Å². The number of nitrogens with two attached hydrogens (primary N) is 4. The quantitative estimate of drug-likeness (QED) is 0.0416. The fraction of sp³-hybridized carbons (Fsp3) is 0.667. The Kier molecular flexibility index (Phi) is 21.1. The number of carboxylic acid groups (broad SMARTS) is 2. The van der Waals surface area contributed by atoms with E-state index in [9.17, 15) is 29.4 Å². The molecule has 0 aliphatic rings. The first-order valence-electron chi connectivity index (χ1n) is 10.4. The second-order valence-corrected chi connectivity index (χ2v) is 7.30. The maximum absolute atomic E-state index is 11.2. The Hall–Kier alpha value is -3.14. The van der Waals surface area contributed by atoms with Gasteiger partial charge in [-0.2, -0.15) is 0 Å². The summed E-state index contributed by atoms with van der Waals surface area (Å²) in [6.45, 7) is 3.62. The Bertz CT molecular complexity index is 649.